The molecule has 9 aromatic carbocycles. The van der Waals surface area contributed by atoms with Crippen molar-refractivity contribution in [3.8, 4) is 50.2 Å². The van der Waals surface area contributed by atoms with Gasteiger partial charge in [-0.05, 0) is 75.8 Å². The molecule has 0 radical (unpaired) electrons. The molecular weight excluding hydrogens is 677 g/mol. The Morgan fingerprint density at radius 2 is 0.804 bits per heavy atom. The molecule has 0 saturated carbocycles. The first-order valence-electron chi connectivity index (χ1n) is 19.2. The number of aromatic nitrogens is 1. The number of anilines is 3. The summed E-state index contributed by atoms with van der Waals surface area (Å²) in [6.07, 6.45) is 0. The molecule has 0 atom stereocenters. The topological polar surface area (TPSA) is 8.17 Å². The fourth-order valence-electron chi connectivity index (χ4n) is 8.34. The Hall–Kier alpha value is -7.42. The van der Waals surface area contributed by atoms with Crippen LogP contribution in [0.15, 0.2) is 231 Å². The van der Waals surface area contributed by atoms with Crippen LogP contribution < -0.4 is 4.90 Å². The van der Waals surface area contributed by atoms with Crippen molar-refractivity contribution in [2.75, 3.05) is 4.90 Å². The Kier molecular flexibility index (Phi) is 8.55. The van der Waals surface area contributed by atoms with E-state index in [1.54, 1.807) is 0 Å². The zero-order valence-electron chi connectivity index (χ0n) is 30.8. The van der Waals surface area contributed by atoms with Gasteiger partial charge in [-0.2, -0.15) is 0 Å². The maximum atomic E-state index is 2.48. The monoisotopic (exact) mass is 714 g/mol. The lowest BCUT2D eigenvalue weighted by Gasteiger charge is -2.31. The van der Waals surface area contributed by atoms with Crippen molar-refractivity contribution in [1.29, 1.82) is 0 Å². The van der Waals surface area contributed by atoms with Crippen molar-refractivity contribution in [3.63, 3.8) is 0 Å². The summed E-state index contributed by atoms with van der Waals surface area (Å²) < 4.78 is 2.40. The van der Waals surface area contributed by atoms with Crippen LogP contribution >= 0.6 is 0 Å². The number of hydrogen-bond donors (Lipinski definition) is 0. The van der Waals surface area contributed by atoms with Crippen LogP contribution in [0.3, 0.4) is 0 Å². The van der Waals surface area contributed by atoms with E-state index in [4.69, 9.17) is 0 Å². The Morgan fingerprint density at radius 3 is 1.52 bits per heavy atom. The van der Waals surface area contributed by atoms with Crippen molar-refractivity contribution < 1.29 is 0 Å². The van der Waals surface area contributed by atoms with E-state index in [1.807, 2.05) is 0 Å². The van der Waals surface area contributed by atoms with Crippen molar-refractivity contribution in [1.82, 2.24) is 4.57 Å². The predicted molar refractivity (Wildman–Crippen MR) is 237 cm³/mol. The molecule has 0 aliphatic carbocycles. The van der Waals surface area contributed by atoms with E-state index in [0.717, 1.165) is 39.4 Å². The minimum atomic E-state index is 1.07. The Balaban J connectivity index is 1.30. The molecule has 0 spiro atoms. The normalized spacial score (nSPS) is 11.2. The Morgan fingerprint density at radius 1 is 0.304 bits per heavy atom. The highest BCUT2D eigenvalue weighted by Crippen LogP contribution is 2.49. The van der Waals surface area contributed by atoms with Gasteiger partial charge in [0, 0.05) is 33.3 Å². The van der Waals surface area contributed by atoms with Crippen LogP contribution in [0.4, 0.5) is 17.1 Å². The highest BCUT2D eigenvalue weighted by molar-refractivity contribution is 6.11. The van der Waals surface area contributed by atoms with Crippen molar-refractivity contribution in [3.05, 3.63) is 231 Å². The number of fused-ring (bicyclic) bond motifs is 3. The van der Waals surface area contributed by atoms with Crippen LogP contribution in [0.1, 0.15) is 0 Å². The number of rotatable bonds is 8. The molecule has 10 rings (SSSR count). The minimum absolute atomic E-state index is 1.07. The lowest BCUT2D eigenvalue weighted by molar-refractivity contribution is 1.18. The average Bonchev–Trinajstić information content (AvgIpc) is 3.61. The summed E-state index contributed by atoms with van der Waals surface area (Å²) in [4.78, 5) is 2.48. The van der Waals surface area contributed by atoms with E-state index in [1.165, 1.54) is 49.7 Å². The van der Waals surface area contributed by atoms with Gasteiger partial charge in [0.2, 0.25) is 0 Å². The van der Waals surface area contributed by atoms with Gasteiger partial charge in [0.05, 0.1) is 22.4 Å². The SMILES string of the molecule is c1ccc(-c2ccccc2-c2ccccc2N(c2ccc3c4ccccc4n(-c4ccccc4)c3c2)c2cccc(-c3ccccc3)c2-c2ccccc2)cc1. The summed E-state index contributed by atoms with van der Waals surface area (Å²) in [5.74, 6) is 0. The lowest BCUT2D eigenvalue weighted by atomic mass is 9.90. The first-order chi connectivity index (χ1) is 27.8. The summed E-state index contributed by atoms with van der Waals surface area (Å²) in [6, 6.07) is 83.2. The molecule has 0 unspecified atom stereocenters. The van der Waals surface area contributed by atoms with Crippen LogP contribution in [0.2, 0.25) is 0 Å². The first kappa shape index (κ1) is 33.2. The first-order valence-corrected chi connectivity index (χ1v) is 19.2. The van der Waals surface area contributed by atoms with Crippen LogP contribution in [-0.2, 0) is 0 Å². The second-order valence-electron chi connectivity index (χ2n) is 14.1. The number of hydrogen-bond acceptors (Lipinski definition) is 1. The van der Waals surface area contributed by atoms with Gasteiger partial charge in [0.15, 0.2) is 0 Å². The molecule has 0 fully saturated rings. The molecule has 0 amide bonds. The summed E-state index contributed by atoms with van der Waals surface area (Å²) in [7, 11) is 0. The maximum absolute atomic E-state index is 2.48. The Bertz CT molecular complexity index is 2950. The van der Waals surface area contributed by atoms with E-state index in [2.05, 4.69) is 240 Å². The molecule has 0 N–H and O–H groups in total. The van der Waals surface area contributed by atoms with E-state index in [9.17, 15) is 0 Å². The van der Waals surface area contributed by atoms with Crippen LogP contribution in [0.5, 0.6) is 0 Å². The smallest absolute Gasteiger partial charge is 0.0561 e. The molecule has 1 aromatic heterocycles. The third kappa shape index (κ3) is 5.85. The summed E-state index contributed by atoms with van der Waals surface area (Å²) >= 11 is 0. The molecule has 1 heterocycles. The third-order valence-corrected chi connectivity index (χ3v) is 10.8. The van der Waals surface area contributed by atoms with E-state index in [-0.39, 0.29) is 0 Å². The largest absolute Gasteiger partial charge is 0.309 e. The summed E-state index contributed by atoms with van der Waals surface area (Å²) in [5, 5.41) is 2.45. The van der Waals surface area contributed by atoms with E-state index < -0.39 is 0 Å². The average molecular weight is 715 g/mol. The van der Waals surface area contributed by atoms with Gasteiger partial charge in [-0.25, -0.2) is 0 Å². The fourth-order valence-corrected chi connectivity index (χ4v) is 8.34. The van der Waals surface area contributed by atoms with E-state index in [0.29, 0.717) is 0 Å². The van der Waals surface area contributed by atoms with Gasteiger partial charge < -0.3 is 9.47 Å². The molecule has 10 aromatic rings. The second-order valence-corrected chi connectivity index (χ2v) is 14.1. The van der Waals surface area contributed by atoms with Gasteiger partial charge >= 0.3 is 0 Å². The quantitative estimate of drug-likeness (QED) is 0.152. The maximum Gasteiger partial charge on any atom is 0.0561 e. The molecule has 2 heteroatoms. The molecule has 56 heavy (non-hydrogen) atoms. The molecule has 0 aliphatic heterocycles. The molecule has 264 valence electrons. The Labute approximate surface area is 327 Å². The zero-order chi connectivity index (χ0) is 37.3. The molecule has 0 bridgehead atoms. The fraction of sp³-hybridized carbons (Fsp3) is 0. The van der Waals surface area contributed by atoms with Crippen LogP contribution in [0, 0.1) is 0 Å². The van der Waals surface area contributed by atoms with Crippen LogP contribution in [0.25, 0.3) is 72.0 Å². The minimum Gasteiger partial charge on any atom is -0.309 e. The summed E-state index contributed by atoms with van der Waals surface area (Å²) in [6.45, 7) is 0. The molecule has 0 saturated heterocycles. The van der Waals surface area contributed by atoms with Crippen molar-refractivity contribution in [2.24, 2.45) is 0 Å². The highest BCUT2D eigenvalue weighted by atomic mass is 15.1. The van der Waals surface area contributed by atoms with Crippen molar-refractivity contribution in [2.45, 2.75) is 0 Å². The summed E-state index contributed by atoms with van der Waals surface area (Å²) in [5.41, 5.74) is 16.2. The lowest BCUT2D eigenvalue weighted by Crippen LogP contribution is -2.13. The van der Waals surface area contributed by atoms with Gasteiger partial charge in [-0.1, -0.05) is 188 Å². The van der Waals surface area contributed by atoms with Gasteiger partial charge in [-0.3, -0.25) is 0 Å². The molecular formula is C54H38N2. The van der Waals surface area contributed by atoms with Crippen molar-refractivity contribution >= 4 is 38.9 Å². The van der Waals surface area contributed by atoms with Crippen LogP contribution in [-0.4, -0.2) is 4.57 Å². The highest BCUT2D eigenvalue weighted by Gasteiger charge is 2.25. The van der Waals surface area contributed by atoms with E-state index >= 15 is 0 Å². The molecule has 0 aliphatic rings. The second kappa shape index (κ2) is 14.4. The van der Waals surface area contributed by atoms with Gasteiger partial charge in [0.1, 0.15) is 0 Å². The zero-order valence-corrected chi connectivity index (χ0v) is 30.8. The number of nitrogens with zero attached hydrogens (tertiary/aromatic N) is 2. The molecule has 2 nitrogen and oxygen atoms in total. The number of para-hydroxylation sites is 3. The van der Waals surface area contributed by atoms with Gasteiger partial charge in [-0.15, -0.1) is 0 Å². The van der Waals surface area contributed by atoms with Gasteiger partial charge in [0.25, 0.3) is 0 Å². The standard InChI is InChI=1S/C54H38N2/c1-5-20-39(21-6-1)44-28-13-14-29-46(44)47-30-15-17-33-50(47)56(52-35-19-32-45(40-22-7-2-8-23-40)54(52)41-24-9-3-10-25-41)43-36-37-49-48-31-16-18-34-51(48)55(53(49)38-43)42-26-11-4-12-27-42/h1-38H. The number of benzene rings is 9. The third-order valence-electron chi connectivity index (χ3n) is 10.8. The predicted octanol–water partition coefficient (Wildman–Crippen LogP) is 14.9.